The molecule has 132 valence electrons. The second-order valence-electron chi connectivity index (χ2n) is 10.3. The molecule has 5 saturated carbocycles. The van der Waals surface area contributed by atoms with Crippen LogP contribution in [0.25, 0.3) is 0 Å². The summed E-state index contributed by atoms with van der Waals surface area (Å²) in [5.74, 6) is 4.37. The topological polar surface area (TPSA) is 34.1 Å². The van der Waals surface area contributed by atoms with E-state index in [-0.39, 0.29) is 0 Å². The summed E-state index contributed by atoms with van der Waals surface area (Å²) >= 11 is 0. The van der Waals surface area contributed by atoms with E-state index in [2.05, 4.69) is 13.8 Å². The molecule has 0 spiro atoms. The van der Waals surface area contributed by atoms with Gasteiger partial charge >= 0.3 is 0 Å². The van der Waals surface area contributed by atoms with Crippen LogP contribution in [0.3, 0.4) is 0 Å². The molecule has 0 radical (unpaired) electrons. The van der Waals surface area contributed by atoms with E-state index in [0.29, 0.717) is 39.6 Å². The van der Waals surface area contributed by atoms with E-state index in [1.54, 1.807) is 0 Å². The highest BCUT2D eigenvalue weighted by atomic mass is 16.1. The van der Waals surface area contributed by atoms with E-state index in [1.807, 2.05) is 6.92 Å². The van der Waals surface area contributed by atoms with Crippen molar-refractivity contribution in [1.82, 2.24) is 0 Å². The van der Waals surface area contributed by atoms with E-state index in [1.165, 1.54) is 32.1 Å². The van der Waals surface area contributed by atoms with Crippen molar-refractivity contribution in [2.45, 2.75) is 78.6 Å². The summed E-state index contributed by atoms with van der Waals surface area (Å²) in [7, 11) is 0. The Hall–Kier alpha value is -0.660. The van der Waals surface area contributed by atoms with Gasteiger partial charge in [0.2, 0.25) is 0 Å². The summed E-state index contributed by atoms with van der Waals surface area (Å²) in [6, 6.07) is 0. The molecule has 8 atom stereocenters. The Morgan fingerprint density at radius 1 is 1.00 bits per heavy atom. The molecule has 0 saturated heterocycles. The zero-order chi connectivity index (χ0) is 16.9. The first-order valence-corrected chi connectivity index (χ1v) is 10.4. The van der Waals surface area contributed by atoms with Gasteiger partial charge < -0.3 is 0 Å². The van der Waals surface area contributed by atoms with Crippen LogP contribution in [-0.2, 0) is 9.59 Å². The summed E-state index contributed by atoms with van der Waals surface area (Å²) in [5, 5.41) is 0. The summed E-state index contributed by atoms with van der Waals surface area (Å²) in [5.41, 5.74) is 1.25. The molecule has 5 aliphatic carbocycles. The van der Waals surface area contributed by atoms with Gasteiger partial charge in [-0.05, 0) is 91.8 Å². The first-order valence-electron chi connectivity index (χ1n) is 10.4. The molecule has 0 aromatic heterocycles. The third-order valence-corrected chi connectivity index (χ3v) is 10.3. The first-order chi connectivity index (χ1) is 11.4. The average Bonchev–Trinajstić information content (AvgIpc) is 2.89. The quantitative estimate of drug-likeness (QED) is 0.692. The highest BCUT2D eigenvalue weighted by Crippen LogP contribution is 2.89. The molecule has 0 bridgehead atoms. The molecule has 5 aliphatic rings. The number of ketones is 2. The second-order valence-corrected chi connectivity index (χ2v) is 10.3. The summed E-state index contributed by atoms with van der Waals surface area (Å²) < 4.78 is 0. The Morgan fingerprint density at radius 2 is 1.75 bits per heavy atom. The van der Waals surface area contributed by atoms with Crippen LogP contribution in [-0.4, -0.2) is 11.6 Å². The lowest BCUT2D eigenvalue weighted by molar-refractivity contribution is -0.136. The predicted molar refractivity (Wildman–Crippen MR) is 93.3 cm³/mol. The second kappa shape index (κ2) is 4.54. The fraction of sp³-hybridized carbons (Fsp3) is 0.909. The van der Waals surface area contributed by atoms with Crippen molar-refractivity contribution >= 4 is 11.6 Å². The lowest BCUT2D eigenvalue weighted by Gasteiger charge is -2.58. The van der Waals surface area contributed by atoms with E-state index >= 15 is 0 Å². The SMILES string of the molecule is CC(=O)[C@H]1CC[C@@]23[C@H](C)[C@@]12CC[C@H]1[C@H]3CC[C@H]2CC(=O)CC[C@@]21C. The van der Waals surface area contributed by atoms with E-state index < -0.39 is 0 Å². The number of hydrogen-bond acceptors (Lipinski definition) is 2. The number of fused-ring (bicyclic) bond motifs is 3. The van der Waals surface area contributed by atoms with Crippen molar-refractivity contribution in [3.05, 3.63) is 0 Å². The van der Waals surface area contributed by atoms with Gasteiger partial charge in [-0.1, -0.05) is 13.8 Å². The molecule has 5 fully saturated rings. The van der Waals surface area contributed by atoms with Gasteiger partial charge in [-0.3, -0.25) is 9.59 Å². The van der Waals surface area contributed by atoms with E-state index in [0.717, 1.165) is 43.4 Å². The largest absolute Gasteiger partial charge is 0.300 e. The Morgan fingerprint density at radius 3 is 2.50 bits per heavy atom. The highest BCUT2D eigenvalue weighted by molar-refractivity contribution is 5.81. The molecule has 5 rings (SSSR count). The lowest BCUT2D eigenvalue weighted by atomic mass is 9.47. The molecule has 0 heterocycles. The number of hydrogen-bond donors (Lipinski definition) is 0. The van der Waals surface area contributed by atoms with E-state index in [9.17, 15) is 9.59 Å². The molecule has 0 N–H and O–H groups in total. The maximum absolute atomic E-state index is 12.3. The highest BCUT2D eigenvalue weighted by Gasteiger charge is 2.84. The molecule has 24 heavy (non-hydrogen) atoms. The van der Waals surface area contributed by atoms with Crippen molar-refractivity contribution < 1.29 is 9.59 Å². The zero-order valence-corrected chi connectivity index (χ0v) is 15.6. The molecule has 0 aliphatic heterocycles. The normalized spacial score (nSPS) is 58.3. The minimum atomic E-state index is 0.354. The fourth-order valence-corrected chi connectivity index (χ4v) is 9.36. The van der Waals surface area contributed by atoms with Crippen LogP contribution >= 0.6 is 0 Å². The summed E-state index contributed by atoms with van der Waals surface area (Å²) in [6.45, 7) is 6.84. The van der Waals surface area contributed by atoms with Crippen LogP contribution in [0.4, 0.5) is 0 Å². The average molecular weight is 328 g/mol. The number of Topliss-reactive ketones (excluding diaryl/α,β-unsaturated/α-hetero) is 2. The van der Waals surface area contributed by atoms with Gasteiger partial charge in [0.15, 0.2) is 0 Å². The summed E-state index contributed by atoms with van der Waals surface area (Å²) in [4.78, 5) is 24.3. The van der Waals surface area contributed by atoms with Crippen LogP contribution < -0.4 is 0 Å². The van der Waals surface area contributed by atoms with Crippen LogP contribution in [0.15, 0.2) is 0 Å². The van der Waals surface area contributed by atoms with Crippen LogP contribution in [0.2, 0.25) is 0 Å². The molecule has 0 aromatic rings. The minimum Gasteiger partial charge on any atom is -0.300 e. The zero-order valence-electron chi connectivity index (χ0n) is 15.6. The molecular weight excluding hydrogens is 296 g/mol. The smallest absolute Gasteiger partial charge is 0.133 e. The van der Waals surface area contributed by atoms with Gasteiger partial charge in [-0.2, -0.15) is 0 Å². The Kier molecular flexibility index (Phi) is 2.95. The molecule has 2 heteroatoms. The summed E-state index contributed by atoms with van der Waals surface area (Å²) in [6.07, 6.45) is 10.5. The molecule has 0 aromatic carbocycles. The van der Waals surface area contributed by atoms with Crippen molar-refractivity contribution in [1.29, 1.82) is 0 Å². The van der Waals surface area contributed by atoms with E-state index in [4.69, 9.17) is 0 Å². The van der Waals surface area contributed by atoms with Crippen LogP contribution in [0, 0.1) is 45.8 Å². The molecular formula is C22H32O2. The lowest BCUT2D eigenvalue weighted by Crippen LogP contribution is -2.51. The molecule has 0 unspecified atom stereocenters. The van der Waals surface area contributed by atoms with Crippen molar-refractivity contribution in [3.8, 4) is 0 Å². The standard InChI is InChI=1S/C22H32O2/c1-13(23)17-7-10-22-14(2)21(17,22)11-8-18-19(22)5-4-15-12-16(24)6-9-20(15,18)3/h14-15,17-19H,4-12H2,1-3H3/t14-,15+,17-,18+,19-,20+,21+,22+/m1/s1. The number of carbonyl (C=O) groups is 2. The van der Waals surface area contributed by atoms with Gasteiger partial charge in [0, 0.05) is 18.8 Å². The maximum atomic E-state index is 12.3. The fourth-order valence-electron chi connectivity index (χ4n) is 9.36. The van der Waals surface area contributed by atoms with Crippen LogP contribution in [0.5, 0.6) is 0 Å². The maximum Gasteiger partial charge on any atom is 0.133 e. The Bertz CT molecular complexity index is 623. The first kappa shape index (κ1) is 15.6. The molecule has 2 nitrogen and oxygen atoms in total. The van der Waals surface area contributed by atoms with Gasteiger partial charge in [-0.15, -0.1) is 0 Å². The van der Waals surface area contributed by atoms with Gasteiger partial charge in [0.25, 0.3) is 0 Å². The predicted octanol–water partition coefficient (Wildman–Crippen LogP) is 4.80. The Labute approximate surface area is 146 Å². The van der Waals surface area contributed by atoms with Gasteiger partial charge in [0.05, 0.1) is 0 Å². The molecule has 0 amide bonds. The van der Waals surface area contributed by atoms with Crippen molar-refractivity contribution in [3.63, 3.8) is 0 Å². The third-order valence-electron chi connectivity index (χ3n) is 10.3. The number of carbonyl (C=O) groups excluding carboxylic acids is 2. The Balaban J connectivity index is 1.52. The van der Waals surface area contributed by atoms with Crippen molar-refractivity contribution in [2.24, 2.45) is 45.8 Å². The van der Waals surface area contributed by atoms with Crippen LogP contribution in [0.1, 0.15) is 78.6 Å². The van der Waals surface area contributed by atoms with Crippen molar-refractivity contribution in [2.75, 3.05) is 0 Å². The van der Waals surface area contributed by atoms with Gasteiger partial charge in [0.1, 0.15) is 11.6 Å². The third kappa shape index (κ3) is 1.48. The minimum absolute atomic E-state index is 0.354. The monoisotopic (exact) mass is 328 g/mol. The van der Waals surface area contributed by atoms with Gasteiger partial charge in [-0.25, -0.2) is 0 Å². The number of rotatable bonds is 1.